The van der Waals surface area contributed by atoms with Crippen molar-refractivity contribution in [3.8, 4) is 0 Å². The van der Waals surface area contributed by atoms with Crippen molar-refractivity contribution >= 4 is 24.5 Å². The molecule has 0 radical (unpaired) electrons. The Hall–Kier alpha value is -1.49. The van der Waals surface area contributed by atoms with Crippen molar-refractivity contribution in [3.63, 3.8) is 0 Å². The summed E-state index contributed by atoms with van der Waals surface area (Å²) in [5.41, 5.74) is 0.556. The first-order valence-corrected chi connectivity index (χ1v) is 5.77. The summed E-state index contributed by atoms with van der Waals surface area (Å²) in [6.45, 7) is 1.78. The minimum absolute atomic E-state index is 0.0970. The van der Waals surface area contributed by atoms with Crippen molar-refractivity contribution in [2.75, 3.05) is 0 Å². The Kier molecular flexibility index (Phi) is 5.03. The highest BCUT2D eigenvalue weighted by molar-refractivity contribution is 7.80. The van der Waals surface area contributed by atoms with E-state index in [2.05, 4.69) is 17.9 Å². The number of carboxylic acids is 1. The number of thiol groups is 1. The number of amides is 1. The lowest BCUT2D eigenvalue weighted by Gasteiger charge is -2.15. The molecule has 1 unspecified atom stereocenters. The third-order valence-electron chi connectivity index (χ3n) is 2.17. The fourth-order valence-electron chi connectivity index (χ4n) is 1.42. The lowest BCUT2D eigenvalue weighted by molar-refractivity contribution is -0.142. The Morgan fingerprint density at radius 2 is 1.94 bits per heavy atom. The van der Waals surface area contributed by atoms with Crippen LogP contribution >= 0.6 is 12.6 Å². The van der Waals surface area contributed by atoms with Gasteiger partial charge in [-0.3, -0.25) is 4.79 Å². The number of hydrogen-bond donors (Lipinski definition) is 3. The van der Waals surface area contributed by atoms with E-state index < -0.39 is 12.0 Å². The summed E-state index contributed by atoms with van der Waals surface area (Å²) in [4.78, 5) is 22.6. The van der Waals surface area contributed by atoms with Crippen molar-refractivity contribution in [2.45, 2.75) is 24.6 Å². The van der Waals surface area contributed by atoms with Gasteiger partial charge < -0.3 is 10.4 Å². The highest BCUT2D eigenvalue weighted by Crippen LogP contribution is 2.13. The minimum atomic E-state index is -1.07. The molecule has 0 saturated heterocycles. The Bertz CT molecular complexity index is 392. The Morgan fingerprint density at radius 1 is 1.35 bits per heavy atom. The van der Waals surface area contributed by atoms with E-state index >= 15 is 0 Å². The van der Waals surface area contributed by atoms with Crippen LogP contribution in [0.4, 0.5) is 0 Å². The Balaban J connectivity index is 2.75. The molecular formula is C12H15NO3S. The molecule has 1 amide bonds. The number of carbonyl (C=O) groups is 2. The molecule has 0 aliphatic rings. The van der Waals surface area contributed by atoms with Gasteiger partial charge in [-0.15, -0.1) is 0 Å². The minimum Gasteiger partial charge on any atom is -0.479 e. The zero-order valence-electron chi connectivity index (χ0n) is 9.46. The summed E-state index contributed by atoms with van der Waals surface area (Å²) in [5.74, 6) is -1.39. The quantitative estimate of drug-likeness (QED) is 0.699. The largest absolute Gasteiger partial charge is 0.479 e. The third kappa shape index (κ3) is 4.48. The molecule has 17 heavy (non-hydrogen) atoms. The van der Waals surface area contributed by atoms with Gasteiger partial charge in [0.05, 0.1) is 0 Å². The summed E-state index contributed by atoms with van der Waals surface area (Å²) < 4.78 is 0. The van der Waals surface area contributed by atoms with Gasteiger partial charge in [0, 0.05) is 11.7 Å². The summed E-state index contributed by atoms with van der Waals surface area (Å²) in [7, 11) is 0. The number of carbonyl (C=O) groups excluding carboxylic acids is 1. The molecule has 2 atom stereocenters. The molecule has 0 aliphatic carbocycles. The maximum absolute atomic E-state index is 11.5. The van der Waals surface area contributed by atoms with Gasteiger partial charge in [0.1, 0.15) is 0 Å². The van der Waals surface area contributed by atoms with Gasteiger partial charge in [0.2, 0.25) is 5.91 Å². The molecule has 1 aromatic carbocycles. The van der Waals surface area contributed by atoms with E-state index in [0.717, 1.165) is 0 Å². The van der Waals surface area contributed by atoms with E-state index in [1.807, 2.05) is 0 Å². The van der Waals surface area contributed by atoms with Crippen LogP contribution < -0.4 is 5.32 Å². The molecule has 0 spiro atoms. The van der Waals surface area contributed by atoms with E-state index in [0.29, 0.717) is 5.56 Å². The third-order valence-corrected chi connectivity index (χ3v) is 2.35. The zero-order valence-corrected chi connectivity index (χ0v) is 10.4. The first-order chi connectivity index (χ1) is 8.00. The second-order valence-corrected chi connectivity index (χ2v) is 4.68. The van der Waals surface area contributed by atoms with E-state index in [-0.39, 0.29) is 17.6 Å². The Labute approximate surface area is 105 Å². The van der Waals surface area contributed by atoms with Crippen LogP contribution in [0.2, 0.25) is 0 Å². The van der Waals surface area contributed by atoms with Crippen LogP contribution in [0.3, 0.4) is 0 Å². The monoisotopic (exact) mass is 253 g/mol. The van der Waals surface area contributed by atoms with Gasteiger partial charge in [-0.25, -0.2) is 4.79 Å². The fourth-order valence-corrected chi connectivity index (χ4v) is 1.59. The maximum Gasteiger partial charge on any atom is 0.330 e. The van der Waals surface area contributed by atoms with Crippen LogP contribution in [0.1, 0.15) is 24.9 Å². The Morgan fingerprint density at radius 3 is 2.41 bits per heavy atom. The summed E-state index contributed by atoms with van der Waals surface area (Å²) in [6.07, 6.45) is 0.194. The number of benzene rings is 1. The van der Waals surface area contributed by atoms with Crippen molar-refractivity contribution in [1.29, 1.82) is 0 Å². The number of carboxylic acid groups (broad SMARTS) is 1. The average molecular weight is 253 g/mol. The standard InChI is InChI=1S/C12H15NO3S/c1-8(17)7-10(14)13-11(12(15)16)9-5-3-2-4-6-9/h2-6,8,11,17H,7H2,1H3,(H,13,14)(H,15,16)/t8?,11-/m1/s1. The van der Waals surface area contributed by atoms with Gasteiger partial charge >= 0.3 is 5.97 Å². The lowest BCUT2D eigenvalue weighted by Crippen LogP contribution is -2.34. The predicted molar refractivity (Wildman–Crippen MR) is 68.0 cm³/mol. The molecule has 92 valence electrons. The van der Waals surface area contributed by atoms with Crippen molar-refractivity contribution < 1.29 is 14.7 Å². The fraction of sp³-hybridized carbons (Fsp3) is 0.333. The number of nitrogens with one attached hydrogen (secondary N) is 1. The van der Waals surface area contributed by atoms with Crippen molar-refractivity contribution in [2.24, 2.45) is 0 Å². The molecule has 0 saturated carbocycles. The number of aliphatic carboxylic acids is 1. The topological polar surface area (TPSA) is 66.4 Å². The molecule has 0 fully saturated rings. The van der Waals surface area contributed by atoms with E-state index in [9.17, 15) is 9.59 Å². The summed E-state index contributed by atoms with van der Waals surface area (Å²) in [6, 6.07) is 7.60. The summed E-state index contributed by atoms with van der Waals surface area (Å²) >= 11 is 4.09. The molecule has 5 heteroatoms. The van der Waals surface area contributed by atoms with Crippen LogP contribution in [-0.2, 0) is 9.59 Å². The predicted octanol–water partition coefficient (Wildman–Crippen LogP) is 1.64. The normalized spacial score (nSPS) is 13.8. The van der Waals surface area contributed by atoms with Crippen LogP contribution in [0.5, 0.6) is 0 Å². The summed E-state index contributed by atoms with van der Waals surface area (Å²) in [5, 5.41) is 11.5. The van der Waals surface area contributed by atoms with E-state index in [1.54, 1.807) is 37.3 Å². The molecule has 0 heterocycles. The van der Waals surface area contributed by atoms with Gasteiger partial charge in [-0.2, -0.15) is 12.6 Å². The molecule has 4 nitrogen and oxygen atoms in total. The number of hydrogen-bond acceptors (Lipinski definition) is 3. The SMILES string of the molecule is CC(S)CC(=O)N[C@@H](C(=O)O)c1ccccc1. The maximum atomic E-state index is 11.5. The molecule has 1 aromatic rings. The zero-order chi connectivity index (χ0) is 12.8. The van der Waals surface area contributed by atoms with Crippen LogP contribution in [0, 0.1) is 0 Å². The molecule has 2 N–H and O–H groups in total. The van der Waals surface area contributed by atoms with Gasteiger partial charge in [0.25, 0.3) is 0 Å². The second-order valence-electron chi connectivity index (χ2n) is 3.80. The highest BCUT2D eigenvalue weighted by atomic mass is 32.1. The van der Waals surface area contributed by atoms with Crippen molar-refractivity contribution in [3.05, 3.63) is 35.9 Å². The molecule has 0 aliphatic heterocycles. The van der Waals surface area contributed by atoms with Gasteiger partial charge in [-0.05, 0) is 5.56 Å². The smallest absolute Gasteiger partial charge is 0.330 e. The molecule has 0 aromatic heterocycles. The van der Waals surface area contributed by atoms with Crippen LogP contribution in [0.25, 0.3) is 0 Å². The second kappa shape index (κ2) is 6.30. The van der Waals surface area contributed by atoms with E-state index in [4.69, 9.17) is 5.11 Å². The molecular weight excluding hydrogens is 238 g/mol. The van der Waals surface area contributed by atoms with Crippen LogP contribution in [-0.4, -0.2) is 22.2 Å². The number of rotatable bonds is 5. The first kappa shape index (κ1) is 13.6. The van der Waals surface area contributed by atoms with E-state index in [1.165, 1.54) is 0 Å². The molecule has 0 bridgehead atoms. The highest BCUT2D eigenvalue weighted by Gasteiger charge is 2.21. The van der Waals surface area contributed by atoms with Crippen molar-refractivity contribution in [1.82, 2.24) is 5.32 Å². The average Bonchev–Trinajstić information content (AvgIpc) is 2.25. The van der Waals surface area contributed by atoms with Crippen LogP contribution in [0.15, 0.2) is 30.3 Å². The molecule has 1 rings (SSSR count). The lowest BCUT2D eigenvalue weighted by atomic mass is 10.1. The van der Waals surface area contributed by atoms with Gasteiger partial charge in [0.15, 0.2) is 6.04 Å². The first-order valence-electron chi connectivity index (χ1n) is 5.26. The van der Waals surface area contributed by atoms with Gasteiger partial charge in [-0.1, -0.05) is 37.3 Å².